The smallest absolute Gasteiger partial charge is 0.330 e. The molecule has 0 fully saturated rings. The number of aromatic amines is 1. The molecule has 0 atom stereocenters. The molecule has 0 radical (unpaired) electrons. The molecule has 0 aliphatic heterocycles. The molecule has 0 saturated carbocycles. The Balaban J connectivity index is 2.00. The fraction of sp³-hybridized carbons (Fsp3) is 0.364. The number of amides is 1. The van der Waals surface area contributed by atoms with Gasteiger partial charge in [-0.05, 0) is 30.0 Å². The third-order valence-corrected chi connectivity index (χ3v) is 5.53. The predicted molar refractivity (Wildman–Crippen MR) is 126 cm³/mol. The molecule has 0 saturated heterocycles. The first-order valence-electron chi connectivity index (χ1n) is 10.1. The Kier molecular flexibility index (Phi) is 6.74. The number of anilines is 2. The molecule has 8 nitrogen and oxygen atoms in total. The van der Waals surface area contributed by atoms with Gasteiger partial charge in [0.25, 0.3) is 11.5 Å². The molecule has 0 spiro atoms. The van der Waals surface area contributed by atoms with Gasteiger partial charge in [-0.25, -0.2) is 9.78 Å². The zero-order valence-corrected chi connectivity index (χ0v) is 18.9. The van der Waals surface area contributed by atoms with E-state index in [4.69, 9.17) is 5.73 Å². The number of rotatable bonds is 7. The van der Waals surface area contributed by atoms with Gasteiger partial charge in [0.15, 0.2) is 5.69 Å². The number of carbonyl (C=O) groups excluding carboxylic acids is 1. The number of nitrogens with two attached hydrogens (primary N) is 1. The van der Waals surface area contributed by atoms with Gasteiger partial charge >= 0.3 is 5.69 Å². The van der Waals surface area contributed by atoms with Crippen molar-refractivity contribution in [3.63, 3.8) is 0 Å². The first kappa shape index (κ1) is 22.5. The van der Waals surface area contributed by atoms with Gasteiger partial charge in [0.2, 0.25) is 0 Å². The van der Waals surface area contributed by atoms with E-state index in [2.05, 4.69) is 9.97 Å². The van der Waals surface area contributed by atoms with Crippen LogP contribution in [0.4, 0.5) is 11.5 Å². The number of nitrogens with one attached hydrogen (secondary N) is 1. The van der Waals surface area contributed by atoms with Gasteiger partial charge in [0.1, 0.15) is 10.8 Å². The maximum absolute atomic E-state index is 13.1. The van der Waals surface area contributed by atoms with Crippen molar-refractivity contribution in [1.82, 2.24) is 14.5 Å². The predicted octanol–water partition coefficient (Wildman–Crippen LogP) is 3.09. The third-order valence-electron chi connectivity index (χ3n) is 4.52. The van der Waals surface area contributed by atoms with Crippen LogP contribution in [0.2, 0.25) is 0 Å². The molecular formula is C22H27N5O3S. The topological polar surface area (TPSA) is 114 Å². The molecule has 0 aliphatic carbocycles. The number of H-pyrrole nitrogens is 1. The standard InChI is InChI=1S/C22H27N5O3S/c1-13(2)11-26(19-20(23)27(12-14(3)4)22(30)25-21(19)29)18(28)10-9-17-24-15-7-5-6-8-16(15)31-17/h5-10,13-14H,11-12,23H2,1-4H3,(H,25,29,30)/b10-9+. The lowest BCUT2D eigenvalue weighted by atomic mass is 10.2. The van der Waals surface area contributed by atoms with Crippen LogP contribution in [0.5, 0.6) is 0 Å². The summed E-state index contributed by atoms with van der Waals surface area (Å²) < 4.78 is 2.33. The maximum atomic E-state index is 13.1. The number of hydrogen-bond acceptors (Lipinski definition) is 6. The highest BCUT2D eigenvalue weighted by Gasteiger charge is 2.24. The number of nitrogens with zero attached hydrogens (tertiary/aromatic N) is 3. The minimum absolute atomic E-state index is 0.00657. The van der Waals surface area contributed by atoms with E-state index in [1.165, 1.54) is 26.9 Å². The van der Waals surface area contributed by atoms with Crippen LogP contribution < -0.4 is 21.9 Å². The van der Waals surface area contributed by atoms with E-state index in [1.807, 2.05) is 52.0 Å². The molecular weight excluding hydrogens is 414 g/mol. The molecule has 1 amide bonds. The summed E-state index contributed by atoms with van der Waals surface area (Å²) in [5, 5.41) is 0.686. The minimum atomic E-state index is -0.676. The van der Waals surface area contributed by atoms with Gasteiger partial charge in [-0.1, -0.05) is 39.8 Å². The number of benzene rings is 1. The average Bonchev–Trinajstić information content (AvgIpc) is 3.11. The molecule has 3 aromatic rings. The van der Waals surface area contributed by atoms with Crippen LogP contribution in [0.25, 0.3) is 16.3 Å². The second kappa shape index (κ2) is 9.30. The summed E-state index contributed by atoms with van der Waals surface area (Å²) in [4.78, 5) is 46.1. The first-order chi connectivity index (χ1) is 14.7. The number of fused-ring (bicyclic) bond motifs is 1. The molecule has 2 aromatic heterocycles. The van der Waals surface area contributed by atoms with Crippen LogP contribution in [0.15, 0.2) is 39.9 Å². The lowest BCUT2D eigenvalue weighted by Gasteiger charge is -2.25. The summed E-state index contributed by atoms with van der Waals surface area (Å²) in [7, 11) is 0. The van der Waals surface area contributed by atoms with E-state index in [-0.39, 0.29) is 29.9 Å². The van der Waals surface area contributed by atoms with E-state index in [0.717, 1.165) is 10.2 Å². The Hall–Kier alpha value is -3.20. The number of nitrogen functional groups attached to an aromatic ring is 1. The quantitative estimate of drug-likeness (QED) is 0.547. The van der Waals surface area contributed by atoms with Crippen molar-refractivity contribution in [3.8, 4) is 0 Å². The van der Waals surface area contributed by atoms with Gasteiger partial charge in [-0.3, -0.25) is 19.1 Å². The van der Waals surface area contributed by atoms with E-state index in [9.17, 15) is 14.4 Å². The van der Waals surface area contributed by atoms with Crippen LogP contribution in [0.3, 0.4) is 0 Å². The van der Waals surface area contributed by atoms with Crippen molar-refractivity contribution in [2.45, 2.75) is 34.2 Å². The van der Waals surface area contributed by atoms with Crippen LogP contribution in [0.1, 0.15) is 32.7 Å². The summed E-state index contributed by atoms with van der Waals surface area (Å²) in [5.74, 6) is -0.208. The Bertz CT molecular complexity index is 1200. The molecule has 2 heterocycles. The van der Waals surface area contributed by atoms with Crippen LogP contribution in [-0.4, -0.2) is 27.0 Å². The summed E-state index contributed by atoms with van der Waals surface area (Å²) in [6, 6.07) is 7.72. The monoisotopic (exact) mass is 441 g/mol. The van der Waals surface area contributed by atoms with Crippen molar-refractivity contribution in [2.24, 2.45) is 11.8 Å². The molecule has 164 valence electrons. The van der Waals surface area contributed by atoms with Crippen molar-refractivity contribution in [3.05, 3.63) is 56.2 Å². The lowest BCUT2D eigenvalue weighted by Crippen LogP contribution is -2.42. The van der Waals surface area contributed by atoms with Crippen LogP contribution >= 0.6 is 11.3 Å². The highest BCUT2D eigenvalue weighted by Crippen LogP contribution is 2.23. The van der Waals surface area contributed by atoms with Gasteiger partial charge in [-0.15, -0.1) is 11.3 Å². The zero-order chi connectivity index (χ0) is 22.7. The van der Waals surface area contributed by atoms with E-state index in [1.54, 1.807) is 6.08 Å². The van der Waals surface area contributed by atoms with Crippen molar-refractivity contribution < 1.29 is 4.79 Å². The Labute approximate surface area is 184 Å². The first-order valence-corrected chi connectivity index (χ1v) is 11.0. The number of aromatic nitrogens is 3. The highest BCUT2D eigenvalue weighted by atomic mass is 32.1. The summed E-state index contributed by atoms with van der Waals surface area (Å²) in [6.07, 6.45) is 3.02. The van der Waals surface area contributed by atoms with Crippen LogP contribution in [-0.2, 0) is 11.3 Å². The van der Waals surface area contributed by atoms with Gasteiger partial charge < -0.3 is 10.6 Å². The molecule has 0 aliphatic rings. The number of para-hydroxylation sites is 1. The number of thiazole rings is 1. The maximum Gasteiger partial charge on any atom is 0.330 e. The normalized spacial score (nSPS) is 11.8. The molecule has 9 heteroatoms. The highest BCUT2D eigenvalue weighted by molar-refractivity contribution is 7.19. The largest absolute Gasteiger partial charge is 0.383 e. The molecule has 31 heavy (non-hydrogen) atoms. The fourth-order valence-corrected chi connectivity index (χ4v) is 4.11. The van der Waals surface area contributed by atoms with Crippen molar-refractivity contribution in [1.29, 1.82) is 0 Å². The third kappa shape index (κ3) is 5.11. The average molecular weight is 442 g/mol. The number of hydrogen-bond donors (Lipinski definition) is 2. The van der Waals surface area contributed by atoms with Gasteiger partial charge in [-0.2, -0.15) is 0 Å². The molecule has 3 N–H and O–H groups in total. The summed E-state index contributed by atoms with van der Waals surface area (Å²) in [6.45, 7) is 8.36. The van der Waals surface area contributed by atoms with E-state index in [0.29, 0.717) is 11.6 Å². The summed E-state index contributed by atoms with van der Waals surface area (Å²) >= 11 is 1.47. The molecule has 3 rings (SSSR count). The Morgan fingerprint density at radius 2 is 1.94 bits per heavy atom. The second-order valence-electron chi connectivity index (χ2n) is 8.19. The fourth-order valence-electron chi connectivity index (χ4n) is 3.24. The van der Waals surface area contributed by atoms with Gasteiger partial charge in [0, 0.05) is 19.2 Å². The molecule has 0 bridgehead atoms. The second-order valence-corrected chi connectivity index (χ2v) is 9.26. The Morgan fingerprint density at radius 1 is 1.23 bits per heavy atom. The SMILES string of the molecule is CC(C)CN(C(=O)/C=C/c1nc2ccccc2s1)c1c(N)n(CC(C)C)c(=O)[nH]c1=O. The van der Waals surface area contributed by atoms with Crippen molar-refractivity contribution >= 4 is 45.0 Å². The molecule has 1 aromatic carbocycles. The van der Waals surface area contributed by atoms with Crippen LogP contribution in [0, 0.1) is 11.8 Å². The molecule has 0 unspecified atom stereocenters. The minimum Gasteiger partial charge on any atom is -0.383 e. The van der Waals surface area contributed by atoms with Crippen molar-refractivity contribution in [2.75, 3.05) is 17.2 Å². The van der Waals surface area contributed by atoms with E-state index < -0.39 is 17.2 Å². The number of carbonyl (C=O) groups is 1. The van der Waals surface area contributed by atoms with Gasteiger partial charge in [0.05, 0.1) is 10.2 Å². The summed E-state index contributed by atoms with van der Waals surface area (Å²) in [5.41, 5.74) is 5.82. The lowest BCUT2D eigenvalue weighted by molar-refractivity contribution is -0.114. The van der Waals surface area contributed by atoms with E-state index >= 15 is 0 Å². The Morgan fingerprint density at radius 3 is 2.58 bits per heavy atom. The zero-order valence-electron chi connectivity index (χ0n) is 18.1.